The molecule has 0 N–H and O–H groups in total. The Kier molecular flexibility index (Phi) is 4.48. The average molecular weight is 340 g/mol. The van der Waals surface area contributed by atoms with Gasteiger partial charge < -0.3 is 4.98 Å². The molecule has 0 aliphatic heterocycles. The van der Waals surface area contributed by atoms with Crippen molar-refractivity contribution >= 4 is 15.9 Å². The van der Waals surface area contributed by atoms with Gasteiger partial charge in [-0.05, 0) is 11.8 Å². The molecule has 14 heavy (non-hydrogen) atoms. The number of hydrogen-bond donors (Lipinski definition) is 0. The molecule has 0 fully saturated rings. The molecule has 0 saturated carbocycles. The fraction of sp³-hybridized carbons (Fsp3) is 0. The topological polar surface area (TPSA) is 12.9 Å². The maximum Gasteiger partial charge on any atom is 0.0160 e. The van der Waals surface area contributed by atoms with Crippen molar-refractivity contribution in [1.82, 2.24) is 4.98 Å². The van der Waals surface area contributed by atoms with Crippen molar-refractivity contribution in [2.24, 2.45) is 0 Å². The van der Waals surface area contributed by atoms with Crippen LogP contribution in [0.1, 0.15) is 0 Å². The van der Waals surface area contributed by atoms with E-state index < -0.39 is 0 Å². The Hall–Kier alpha value is -0.488. The summed E-state index contributed by atoms with van der Waals surface area (Å²) in [5.41, 5.74) is 1.96. The van der Waals surface area contributed by atoms with E-state index in [-0.39, 0.29) is 20.4 Å². The maximum atomic E-state index is 4.24. The standard InChI is InChI=1S/C11H7BrN.Pd/c12-10-5-3-4-9(8-10)11-6-1-2-7-13-11;/h1-3,5-8H;/q-1;. The van der Waals surface area contributed by atoms with E-state index in [0.717, 1.165) is 15.7 Å². The van der Waals surface area contributed by atoms with Crippen LogP contribution in [-0.2, 0) is 20.4 Å². The average Bonchev–Trinajstić information content (AvgIpc) is 2.19. The minimum absolute atomic E-state index is 0. The van der Waals surface area contributed by atoms with Crippen molar-refractivity contribution in [2.45, 2.75) is 0 Å². The van der Waals surface area contributed by atoms with Gasteiger partial charge in [0, 0.05) is 26.6 Å². The van der Waals surface area contributed by atoms with E-state index in [0.29, 0.717) is 0 Å². The van der Waals surface area contributed by atoms with E-state index in [1.54, 1.807) is 6.20 Å². The van der Waals surface area contributed by atoms with Crippen LogP contribution in [0, 0.1) is 6.07 Å². The summed E-state index contributed by atoms with van der Waals surface area (Å²) < 4.78 is 1.05. The van der Waals surface area contributed by atoms with Crippen LogP contribution < -0.4 is 0 Å². The van der Waals surface area contributed by atoms with Crippen LogP contribution in [0.4, 0.5) is 0 Å². The summed E-state index contributed by atoms with van der Waals surface area (Å²) in [6, 6.07) is 14.8. The predicted molar refractivity (Wildman–Crippen MR) is 56.2 cm³/mol. The number of hydrogen-bond acceptors (Lipinski definition) is 1. The van der Waals surface area contributed by atoms with Crippen LogP contribution in [0.2, 0.25) is 0 Å². The zero-order valence-corrected chi connectivity index (χ0v) is 10.3. The Morgan fingerprint density at radius 3 is 2.71 bits per heavy atom. The molecule has 1 heterocycles. The normalized spacial score (nSPS) is 9.21. The van der Waals surface area contributed by atoms with Gasteiger partial charge in [0.15, 0.2) is 0 Å². The number of halogens is 1. The van der Waals surface area contributed by atoms with Crippen LogP contribution in [-0.4, -0.2) is 4.98 Å². The van der Waals surface area contributed by atoms with Crippen molar-refractivity contribution in [3.05, 3.63) is 53.1 Å². The molecule has 1 aromatic heterocycles. The summed E-state index contributed by atoms with van der Waals surface area (Å²) in [5.74, 6) is 0. The summed E-state index contributed by atoms with van der Waals surface area (Å²) in [7, 11) is 0. The molecule has 0 aliphatic rings. The van der Waals surface area contributed by atoms with Crippen LogP contribution in [0.25, 0.3) is 11.3 Å². The number of aromatic nitrogens is 1. The zero-order chi connectivity index (χ0) is 9.10. The summed E-state index contributed by atoms with van der Waals surface area (Å²) in [5, 5.41) is 0. The Morgan fingerprint density at radius 1 is 1.21 bits per heavy atom. The summed E-state index contributed by atoms with van der Waals surface area (Å²) in [4.78, 5) is 4.24. The molecule has 0 amide bonds. The van der Waals surface area contributed by atoms with E-state index in [1.807, 2.05) is 36.4 Å². The van der Waals surface area contributed by atoms with Gasteiger partial charge in [-0.2, -0.15) is 0 Å². The molecule has 0 aliphatic carbocycles. The molecule has 2 aromatic rings. The van der Waals surface area contributed by atoms with E-state index in [9.17, 15) is 0 Å². The number of benzene rings is 1. The van der Waals surface area contributed by atoms with E-state index in [4.69, 9.17) is 0 Å². The molecule has 74 valence electrons. The minimum atomic E-state index is 0. The first-order valence-corrected chi connectivity index (χ1v) is 4.74. The molecule has 0 spiro atoms. The van der Waals surface area contributed by atoms with Crippen molar-refractivity contribution in [3.8, 4) is 11.3 Å². The zero-order valence-electron chi connectivity index (χ0n) is 7.18. The second-order valence-electron chi connectivity index (χ2n) is 2.64. The van der Waals surface area contributed by atoms with Gasteiger partial charge in [-0.3, -0.25) is 0 Å². The van der Waals surface area contributed by atoms with Crippen molar-refractivity contribution in [1.29, 1.82) is 0 Å². The second kappa shape index (κ2) is 5.41. The van der Waals surface area contributed by atoms with E-state index in [1.165, 1.54) is 0 Å². The molecule has 0 bridgehead atoms. The number of nitrogens with zero attached hydrogens (tertiary/aromatic N) is 1. The van der Waals surface area contributed by atoms with E-state index >= 15 is 0 Å². The van der Waals surface area contributed by atoms with Crippen molar-refractivity contribution in [2.75, 3.05) is 0 Å². The van der Waals surface area contributed by atoms with Gasteiger partial charge in [-0.25, -0.2) is 0 Å². The molecule has 0 atom stereocenters. The van der Waals surface area contributed by atoms with Gasteiger partial charge in [0.25, 0.3) is 0 Å². The Balaban J connectivity index is 0.000000980. The smallest absolute Gasteiger partial charge is 0.0160 e. The predicted octanol–water partition coefficient (Wildman–Crippen LogP) is 3.31. The van der Waals surface area contributed by atoms with E-state index in [2.05, 4.69) is 27.0 Å². The maximum absolute atomic E-state index is 4.24. The minimum Gasteiger partial charge on any atom is -0.305 e. The van der Waals surface area contributed by atoms with Gasteiger partial charge in [-0.15, -0.1) is 29.8 Å². The van der Waals surface area contributed by atoms with Crippen LogP contribution in [0.15, 0.2) is 47.1 Å². The third kappa shape index (κ3) is 2.75. The van der Waals surface area contributed by atoms with Crippen molar-refractivity contribution < 1.29 is 20.4 Å². The fourth-order valence-corrected chi connectivity index (χ4v) is 1.47. The molecule has 0 saturated heterocycles. The van der Waals surface area contributed by atoms with Crippen LogP contribution >= 0.6 is 15.9 Å². The van der Waals surface area contributed by atoms with Crippen molar-refractivity contribution in [3.63, 3.8) is 0 Å². The number of pyridine rings is 1. The van der Waals surface area contributed by atoms with Crippen LogP contribution in [0.3, 0.4) is 0 Å². The molecular weight excluding hydrogens is 332 g/mol. The first-order chi connectivity index (χ1) is 6.36. The summed E-state index contributed by atoms with van der Waals surface area (Å²) >= 11 is 3.41. The van der Waals surface area contributed by atoms with Crippen LogP contribution in [0.5, 0.6) is 0 Å². The molecule has 0 radical (unpaired) electrons. The van der Waals surface area contributed by atoms with Gasteiger partial charge in [0.1, 0.15) is 0 Å². The molecule has 0 unspecified atom stereocenters. The Bertz CT molecular complexity index is 403. The summed E-state index contributed by atoms with van der Waals surface area (Å²) in [6.45, 7) is 0. The Labute approximate surface area is 105 Å². The van der Waals surface area contributed by atoms with Gasteiger partial charge >= 0.3 is 0 Å². The largest absolute Gasteiger partial charge is 0.305 e. The molecule has 3 heteroatoms. The van der Waals surface area contributed by atoms with Gasteiger partial charge in [0.05, 0.1) is 0 Å². The molecular formula is C11H7BrNPd-. The fourth-order valence-electron chi connectivity index (χ4n) is 1.11. The van der Waals surface area contributed by atoms with Gasteiger partial charge in [0.2, 0.25) is 0 Å². The molecule has 1 aromatic carbocycles. The molecule has 1 nitrogen and oxygen atoms in total. The van der Waals surface area contributed by atoms with Gasteiger partial charge in [-0.1, -0.05) is 32.5 Å². The SMILES string of the molecule is Brc1cc[c-]c(-c2ccccn2)c1.[Pd]. The second-order valence-corrected chi connectivity index (χ2v) is 3.55. The third-order valence-electron chi connectivity index (χ3n) is 1.70. The quantitative estimate of drug-likeness (QED) is 0.574. The molecule has 2 rings (SSSR count). The Morgan fingerprint density at radius 2 is 2.07 bits per heavy atom. The first kappa shape index (κ1) is 11.6. The third-order valence-corrected chi connectivity index (χ3v) is 2.20. The number of rotatable bonds is 1. The first-order valence-electron chi connectivity index (χ1n) is 3.95. The monoisotopic (exact) mass is 338 g/mol. The summed E-state index contributed by atoms with van der Waals surface area (Å²) in [6.07, 6.45) is 1.78.